The zero-order chi connectivity index (χ0) is 12.3. The second-order valence-electron chi connectivity index (χ2n) is 5.37. The highest BCUT2D eigenvalue weighted by molar-refractivity contribution is 5.29. The molecule has 0 heterocycles. The van der Waals surface area contributed by atoms with Gasteiger partial charge in [0.25, 0.3) is 0 Å². The second-order valence-corrected chi connectivity index (χ2v) is 5.37. The zero-order valence-electron chi connectivity index (χ0n) is 10.9. The molecule has 0 aliphatic heterocycles. The maximum absolute atomic E-state index is 6.22. The van der Waals surface area contributed by atoms with Gasteiger partial charge in [-0.15, -0.1) is 0 Å². The van der Waals surface area contributed by atoms with E-state index in [2.05, 4.69) is 12.1 Å². The van der Waals surface area contributed by atoms with Gasteiger partial charge < -0.3 is 10.5 Å². The molecule has 1 atom stereocenters. The average Bonchev–Trinajstić information content (AvgIpc) is 2.23. The number of rotatable bonds is 5. The van der Waals surface area contributed by atoms with Crippen molar-refractivity contribution in [2.45, 2.75) is 51.7 Å². The van der Waals surface area contributed by atoms with Crippen LogP contribution in [0.2, 0.25) is 0 Å². The number of hydrogen-bond donors (Lipinski definition) is 1. The summed E-state index contributed by atoms with van der Waals surface area (Å²) in [5.41, 5.74) is 7.45. The van der Waals surface area contributed by atoms with E-state index in [1.165, 1.54) is 24.8 Å². The van der Waals surface area contributed by atoms with E-state index in [0.717, 1.165) is 18.1 Å². The van der Waals surface area contributed by atoms with Crippen LogP contribution in [-0.4, -0.2) is 6.10 Å². The Kier molecular flexibility index (Phi) is 4.06. The highest BCUT2D eigenvalue weighted by atomic mass is 16.5. The van der Waals surface area contributed by atoms with Crippen molar-refractivity contribution in [3.63, 3.8) is 0 Å². The number of nitrogens with two attached hydrogens (primary N) is 1. The maximum atomic E-state index is 6.22. The van der Waals surface area contributed by atoms with Gasteiger partial charge in [0.05, 0.1) is 6.10 Å². The summed E-state index contributed by atoms with van der Waals surface area (Å²) in [5, 5.41) is 0. The van der Waals surface area contributed by atoms with Gasteiger partial charge in [-0.05, 0) is 43.9 Å². The van der Waals surface area contributed by atoms with Crippen molar-refractivity contribution in [3.8, 4) is 5.75 Å². The Morgan fingerprint density at radius 2 is 1.88 bits per heavy atom. The molecule has 0 aromatic heterocycles. The number of benzene rings is 1. The van der Waals surface area contributed by atoms with Gasteiger partial charge in [0.1, 0.15) is 5.75 Å². The minimum absolute atomic E-state index is 0.188. The topological polar surface area (TPSA) is 35.2 Å². The molecular weight excluding hydrogens is 210 g/mol. The fraction of sp³-hybridized carbons (Fsp3) is 0.600. The summed E-state index contributed by atoms with van der Waals surface area (Å²) in [6, 6.07) is 8.43. The Bertz CT molecular complexity index is 340. The lowest BCUT2D eigenvalue weighted by molar-refractivity contribution is 0.242. The van der Waals surface area contributed by atoms with E-state index >= 15 is 0 Å². The van der Waals surface area contributed by atoms with Gasteiger partial charge >= 0.3 is 0 Å². The molecule has 0 amide bonds. The Morgan fingerprint density at radius 1 is 1.24 bits per heavy atom. The van der Waals surface area contributed by atoms with Crippen LogP contribution in [0.15, 0.2) is 24.3 Å². The smallest absolute Gasteiger partial charge is 0.119 e. The molecule has 1 aliphatic rings. The molecule has 0 saturated heterocycles. The van der Waals surface area contributed by atoms with E-state index in [4.69, 9.17) is 10.5 Å². The summed E-state index contributed by atoms with van der Waals surface area (Å²) in [6.07, 6.45) is 5.47. The van der Waals surface area contributed by atoms with Crippen LogP contribution in [0.4, 0.5) is 0 Å². The maximum Gasteiger partial charge on any atom is 0.119 e. The lowest BCUT2D eigenvalue weighted by Gasteiger charge is -2.28. The zero-order valence-corrected chi connectivity index (χ0v) is 10.9. The largest absolute Gasteiger partial charge is 0.491 e. The first-order chi connectivity index (χ1) is 8.15. The van der Waals surface area contributed by atoms with Gasteiger partial charge in [0.2, 0.25) is 0 Å². The van der Waals surface area contributed by atoms with Crippen LogP contribution in [0.1, 0.15) is 51.1 Å². The first-order valence-electron chi connectivity index (χ1n) is 6.67. The molecule has 0 radical (unpaired) electrons. The number of ether oxygens (including phenoxy) is 1. The minimum atomic E-state index is 0.188. The predicted octanol–water partition coefficient (Wildman–Crippen LogP) is 3.66. The Labute approximate surface area is 104 Å². The molecule has 94 valence electrons. The van der Waals surface area contributed by atoms with E-state index in [1.54, 1.807) is 0 Å². The quantitative estimate of drug-likeness (QED) is 0.842. The number of hydrogen-bond acceptors (Lipinski definition) is 2. The standard InChI is InChI=1S/C15H23NO/c1-11(2)17-14-8-6-13(7-9-14)15(16)10-12-4-3-5-12/h6-9,11-12,15H,3-5,10,16H2,1-2H3. The molecule has 1 unspecified atom stereocenters. The van der Waals surface area contributed by atoms with Gasteiger partial charge in [-0.2, -0.15) is 0 Å². The molecule has 2 N–H and O–H groups in total. The molecular formula is C15H23NO. The van der Waals surface area contributed by atoms with Gasteiger partial charge in [0, 0.05) is 6.04 Å². The van der Waals surface area contributed by atoms with Crippen LogP contribution >= 0.6 is 0 Å². The highest BCUT2D eigenvalue weighted by Crippen LogP contribution is 2.34. The van der Waals surface area contributed by atoms with Crippen LogP contribution < -0.4 is 10.5 Å². The van der Waals surface area contributed by atoms with Crippen molar-refractivity contribution in [1.29, 1.82) is 0 Å². The van der Waals surface area contributed by atoms with Crippen molar-refractivity contribution in [2.24, 2.45) is 11.7 Å². The highest BCUT2D eigenvalue weighted by Gasteiger charge is 2.20. The van der Waals surface area contributed by atoms with Crippen molar-refractivity contribution in [2.75, 3.05) is 0 Å². The Morgan fingerprint density at radius 3 is 2.35 bits per heavy atom. The van der Waals surface area contributed by atoms with E-state index in [-0.39, 0.29) is 12.1 Å². The second kappa shape index (κ2) is 5.54. The van der Waals surface area contributed by atoms with E-state index in [0.29, 0.717) is 0 Å². The predicted molar refractivity (Wildman–Crippen MR) is 71.1 cm³/mol. The van der Waals surface area contributed by atoms with Gasteiger partial charge in [-0.1, -0.05) is 31.4 Å². The van der Waals surface area contributed by atoms with E-state index < -0.39 is 0 Å². The first kappa shape index (κ1) is 12.4. The summed E-state index contributed by atoms with van der Waals surface area (Å²) in [4.78, 5) is 0. The molecule has 1 saturated carbocycles. The normalized spacial score (nSPS) is 17.9. The average molecular weight is 233 g/mol. The van der Waals surface area contributed by atoms with Gasteiger partial charge in [-0.3, -0.25) is 0 Å². The molecule has 1 aliphatic carbocycles. The summed E-state index contributed by atoms with van der Waals surface area (Å²) in [5.74, 6) is 1.79. The molecule has 1 fully saturated rings. The fourth-order valence-corrected chi connectivity index (χ4v) is 2.29. The van der Waals surface area contributed by atoms with Crippen LogP contribution in [0, 0.1) is 5.92 Å². The van der Waals surface area contributed by atoms with Crippen molar-refractivity contribution in [3.05, 3.63) is 29.8 Å². The van der Waals surface area contributed by atoms with Gasteiger partial charge in [-0.25, -0.2) is 0 Å². The molecule has 17 heavy (non-hydrogen) atoms. The first-order valence-corrected chi connectivity index (χ1v) is 6.67. The molecule has 1 aromatic rings. The van der Waals surface area contributed by atoms with E-state index in [1.807, 2.05) is 26.0 Å². The third-order valence-electron chi connectivity index (χ3n) is 3.49. The molecule has 0 spiro atoms. The van der Waals surface area contributed by atoms with Crippen LogP contribution in [0.3, 0.4) is 0 Å². The Hall–Kier alpha value is -1.02. The molecule has 2 nitrogen and oxygen atoms in total. The van der Waals surface area contributed by atoms with Crippen LogP contribution in [0.25, 0.3) is 0 Å². The van der Waals surface area contributed by atoms with Crippen molar-refractivity contribution in [1.82, 2.24) is 0 Å². The van der Waals surface area contributed by atoms with Gasteiger partial charge in [0.15, 0.2) is 0 Å². The molecule has 1 aromatic carbocycles. The minimum Gasteiger partial charge on any atom is -0.491 e. The molecule has 0 bridgehead atoms. The van der Waals surface area contributed by atoms with Crippen molar-refractivity contribution >= 4 is 0 Å². The van der Waals surface area contributed by atoms with Crippen LogP contribution in [0.5, 0.6) is 5.75 Å². The summed E-state index contributed by atoms with van der Waals surface area (Å²) in [6.45, 7) is 4.08. The lowest BCUT2D eigenvalue weighted by Crippen LogP contribution is -2.20. The molecule has 2 heteroatoms. The third kappa shape index (κ3) is 3.47. The summed E-state index contributed by atoms with van der Waals surface area (Å²) < 4.78 is 5.62. The molecule has 2 rings (SSSR count). The van der Waals surface area contributed by atoms with E-state index in [9.17, 15) is 0 Å². The summed E-state index contributed by atoms with van der Waals surface area (Å²) in [7, 11) is 0. The summed E-state index contributed by atoms with van der Waals surface area (Å²) >= 11 is 0. The van der Waals surface area contributed by atoms with Crippen molar-refractivity contribution < 1.29 is 4.74 Å². The lowest BCUT2D eigenvalue weighted by atomic mass is 9.80. The van der Waals surface area contributed by atoms with Crippen LogP contribution in [-0.2, 0) is 0 Å². The fourth-order valence-electron chi connectivity index (χ4n) is 2.29. The SMILES string of the molecule is CC(C)Oc1ccc(C(N)CC2CCC2)cc1. The third-order valence-corrected chi connectivity index (χ3v) is 3.49. The monoisotopic (exact) mass is 233 g/mol. The Balaban J connectivity index is 1.91.